The van der Waals surface area contributed by atoms with Crippen LogP contribution in [0.4, 0.5) is 0 Å². The highest BCUT2D eigenvalue weighted by molar-refractivity contribution is 5.85. The van der Waals surface area contributed by atoms with Gasteiger partial charge in [0.15, 0.2) is 0 Å². The molecule has 2 atom stereocenters. The van der Waals surface area contributed by atoms with Crippen molar-refractivity contribution in [3.8, 4) is 0 Å². The van der Waals surface area contributed by atoms with E-state index in [1.54, 1.807) is 0 Å². The topological polar surface area (TPSA) is 32.3 Å². The lowest BCUT2D eigenvalue weighted by Gasteiger charge is -2.31. The quantitative estimate of drug-likeness (QED) is 0.819. The van der Waals surface area contributed by atoms with Crippen LogP contribution in [0.25, 0.3) is 0 Å². The molecule has 4 heteroatoms. The maximum absolute atomic E-state index is 12.9. The number of halogens is 1. The van der Waals surface area contributed by atoms with Gasteiger partial charge in [-0.2, -0.15) is 0 Å². The zero-order chi connectivity index (χ0) is 15.9. The predicted octanol–water partition coefficient (Wildman–Crippen LogP) is 3.84. The van der Waals surface area contributed by atoms with E-state index in [0.29, 0.717) is 30.2 Å². The minimum absolute atomic E-state index is 0. The molecular weight excluding hydrogens is 308 g/mol. The Morgan fingerprint density at radius 1 is 1.30 bits per heavy atom. The van der Waals surface area contributed by atoms with Crippen LogP contribution in [0.1, 0.15) is 51.5 Å². The van der Waals surface area contributed by atoms with Gasteiger partial charge in [-0.15, -0.1) is 12.4 Å². The molecule has 2 unspecified atom stereocenters. The van der Waals surface area contributed by atoms with Crippen molar-refractivity contribution in [2.45, 2.75) is 52.0 Å². The van der Waals surface area contributed by atoms with Gasteiger partial charge in [0.1, 0.15) is 0 Å². The van der Waals surface area contributed by atoms with Crippen LogP contribution in [-0.4, -0.2) is 36.5 Å². The van der Waals surface area contributed by atoms with E-state index in [1.165, 1.54) is 5.56 Å². The van der Waals surface area contributed by atoms with Gasteiger partial charge in [0.05, 0.1) is 0 Å². The Morgan fingerprint density at radius 3 is 2.52 bits per heavy atom. The first-order chi connectivity index (χ1) is 10.6. The Kier molecular flexibility index (Phi) is 8.64. The Bertz CT molecular complexity index is 458. The Balaban J connectivity index is 0.00000264. The molecule has 0 aromatic heterocycles. The highest BCUT2D eigenvalue weighted by atomic mass is 35.5. The summed E-state index contributed by atoms with van der Waals surface area (Å²) >= 11 is 0. The molecule has 3 nitrogen and oxygen atoms in total. The van der Waals surface area contributed by atoms with Crippen molar-refractivity contribution in [3.63, 3.8) is 0 Å². The van der Waals surface area contributed by atoms with Crippen molar-refractivity contribution in [3.05, 3.63) is 35.9 Å². The fourth-order valence-corrected chi connectivity index (χ4v) is 3.40. The van der Waals surface area contributed by atoms with Gasteiger partial charge in [0.2, 0.25) is 5.91 Å². The number of nitrogens with one attached hydrogen (secondary N) is 1. The molecule has 130 valence electrons. The number of benzene rings is 1. The second-order valence-electron chi connectivity index (χ2n) is 6.70. The summed E-state index contributed by atoms with van der Waals surface area (Å²) < 4.78 is 0. The van der Waals surface area contributed by atoms with Crippen LogP contribution in [0.5, 0.6) is 0 Å². The number of amides is 1. The number of carbonyl (C=O) groups excluding carboxylic acids is 1. The van der Waals surface area contributed by atoms with Crippen molar-refractivity contribution in [2.24, 2.45) is 5.92 Å². The lowest BCUT2D eigenvalue weighted by molar-refractivity contribution is -0.133. The van der Waals surface area contributed by atoms with E-state index in [2.05, 4.69) is 55.3 Å². The summed E-state index contributed by atoms with van der Waals surface area (Å²) in [4.78, 5) is 15.0. The second-order valence-corrected chi connectivity index (χ2v) is 6.70. The van der Waals surface area contributed by atoms with Crippen LogP contribution in [0, 0.1) is 5.92 Å². The van der Waals surface area contributed by atoms with Crippen LogP contribution in [0.15, 0.2) is 30.3 Å². The van der Waals surface area contributed by atoms with E-state index < -0.39 is 0 Å². The number of hydrogen-bond donors (Lipinski definition) is 1. The normalized spacial score (nSPS) is 18.5. The summed E-state index contributed by atoms with van der Waals surface area (Å²) in [5, 5.41) is 3.38. The van der Waals surface area contributed by atoms with E-state index >= 15 is 0 Å². The standard InChI is InChI=1S/C19H30N2O.ClH/c1-4-12-21(17-10-11-20-14-17)19(22)13-18(15(2)3)16-8-6-5-7-9-16;/h5-9,15,17-18,20H,4,10-14H2,1-3H3;1H. The summed E-state index contributed by atoms with van der Waals surface area (Å²) in [6, 6.07) is 10.9. The van der Waals surface area contributed by atoms with E-state index in [1.807, 2.05) is 6.07 Å². The molecule has 0 saturated carbocycles. The first kappa shape index (κ1) is 20.0. The van der Waals surface area contributed by atoms with Gasteiger partial charge in [0.25, 0.3) is 0 Å². The molecule has 1 aromatic carbocycles. The first-order valence-electron chi connectivity index (χ1n) is 8.68. The van der Waals surface area contributed by atoms with Gasteiger partial charge in [-0.3, -0.25) is 4.79 Å². The minimum atomic E-state index is 0. The van der Waals surface area contributed by atoms with Crippen molar-refractivity contribution in [2.75, 3.05) is 19.6 Å². The lowest BCUT2D eigenvalue weighted by atomic mass is 9.85. The SMILES string of the molecule is CCCN(C(=O)CC(c1ccccc1)C(C)C)C1CCNC1.Cl. The van der Waals surface area contributed by atoms with Gasteiger partial charge < -0.3 is 10.2 Å². The molecular formula is C19H31ClN2O. The summed E-state index contributed by atoms with van der Waals surface area (Å²) in [5.74, 6) is 1.09. The Morgan fingerprint density at radius 2 is 2.00 bits per heavy atom. The summed E-state index contributed by atoms with van der Waals surface area (Å²) in [7, 11) is 0. The maximum atomic E-state index is 12.9. The molecule has 0 bridgehead atoms. The predicted molar refractivity (Wildman–Crippen MR) is 99.2 cm³/mol. The summed E-state index contributed by atoms with van der Waals surface area (Å²) in [6.45, 7) is 9.44. The Hall–Kier alpha value is -1.06. The third-order valence-electron chi connectivity index (χ3n) is 4.69. The van der Waals surface area contributed by atoms with Crippen molar-refractivity contribution < 1.29 is 4.79 Å². The lowest BCUT2D eigenvalue weighted by Crippen LogP contribution is -2.42. The van der Waals surface area contributed by atoms with E-state index in [4.69, 9.17) is 0 Å². The van der Waals surface area contributed by atoms with E-state index in [9.17, 15) is 4.79 Å². The molecule has 1 N–H and O–H groups in total. The third kappa shape index (κ3) is 5.50. The van der Waals surface area contributed by atoms with Gasteiger partial charge in [0, 0.05) is 25.6 Å². The molecule has 0 spiro atoms. The number of rotatable bonds is 7. The first-order valence-corrected chi connectivity index (χ1v) is 8.68. The largest absolute Gasteiger partial charge is 0.338 e. The summed E-state index contributed by atoms with van der Waals surface area (Å²) in [6.07, 6.45) is 2.74. The molecule has 1 amide bonds. The number of carbonyl (C=O) groups is 1. The molecule has 1 fully saturated rings. The van der Waals surface area contributed by atoms with Crippen molar-refractivity contribution in [1.29, 1.82) is 0 Å². The van der Waals surface area contributed by atoms with Crippen LogP contribution < -0.4 is 5.32 Å². The highest BCUT2D eigenvalue weighted by Crippen LogP contribution is 2.29. The van der Waals surface area contributed by atoms with Crippen LogP contribution in [-0.2, 0) is 4.79 Å². The van der Waals surface area contributed by atoms with Crippen LogP contribution >= 0.6 is 12.4 Å². The third-order valence-corrected chi connectivity index (χ3v) is 4.69. The maximum Gasteiger partial charge on any atom is 0.223 e. The van der Waals surface area contributed by atoms with E-state index in [0.717, 1.165) is 32.5 Å². The second kappa shape index (κ2) is 9.94. The molecule has 1 aromatic rings. The molecule has 1 saturated heterocycles. The zero-order valence-corrected chi connectivity index (χ0v) is 15.4. The molecule has 0 radical (unpaired) electrons. The number of hydrogen-bond acceptors (Lipinski definition) is 2. The van der Waals surface area contributed by atoms with Gasteiger partial charge >= 0.3 is 0 Å². The molecule has 1 aliphatic heterocycles. The molecule has 0 aliphatic carbocycles. The fraction of sp³-hybridized carbons (Fsp3) is 0.632. The molecule has 2 rings (SSSR count). The van der Waals surface area contributed by atoms with E-state index in [-0.39, 0.29) is 12.4 Å². The average Bonchev–Trinajstić information content (AvgIpc) is 3.04. The fourth-order valence-electron chi connectivity index (χ4n) is 3.40. The van der Waals surface area contributed by atoms with Crippen molar-refractivity contribution >= 4 is 18.3 Å². The molecule has 1 aliphatic rings. The van der Waals surface area contributed by atoms with Crippen LogP contribution in [0.3, 0.4) is 0 Å². The highest BCUT2D eigenvalue weighted by Gasteiger charge is 2.28. The molecule has 23 heavy (non-hydrogen) atoms. The zero-order valence-electron chi connectivity index (χ0n) is 14.6. The minimum Gasteiger partial charge on any atom is -0.338 e. The van der Waals surface area contributed by atoms with Gasteiger partial charge in [-0.1, -0.05) is 51.1 Å². The monoisotopic (exact) mass is 338 g/mol. The van der Waals surface area contributed by atoms with Crippen molar-refractivity contribution in [1.82, 2.24) is 10.2 Å². The van der Waals surface area contributed by atoms with Crippen LogP contribution in [0.2, 0.25) is 0 Å². The smallest absolute Gasteiger partial charge is 0.223 e. The summed E-state index contributed by atoms with van der Waals surface area (Å²) in [5.41, 5.74) is 1.28. The number of nitrogens with zero attached hydrogens (tertiary/aromatic N) is 1. The Labute approximate surface area is 147 Å². The van der Waals surface area contributed by atoms with Gasteiger partial charge in [-0.25, -0.2) is 0 Å². The molecule has 1 heterocycles. The average molecular weight is 339 g/mol. The van der Waals surface area contributed by atoms with Gasteiger partial charge in [-0.05, 0) is 36.8 Å².